The minimum Gasteiger partial charge on any atom is -0.508 e. The van der Waals surface area contributed by atoms with Gasteiger partial charge in [-0.15, -0.1) is 0 Å². The molecule has 4 rings (SSSR count). The van der Waals surface area contributed by atoms with E-state index in [4.69, 9.17) is 4.74 Å². The minimum atomic E-state index is -0.514. The third-order valence-corrected chi connectivity index (χ3v) is 6.20. The van der Waals surface area contributed by atoms with E-state index in [0.29, 0.717) is 12.3 Å². The largest absolute Gasteiger partial charge is 0.508 e. The molecule has 3 aromatic carbocycles. The van der Waals surface area contributed by atoms with Gasteiger partial charge < -0.3 is 19.7 Å². The molecule has 1 heterocycles. The summed E-state index contributed by atoms with van der Waals surface area (Å²) in [6.45, 7) is 4.40. The fraction of sp³-hybridized carbons (Fsp3) is 0.103. The summed E-state index contributed by atoms with van der Waals surface area (Å²) in [5, 5.41) is 21.7. The molecule has 0 aliphatic carbocycles. The van der Waals surface area contributed by atoms with Crippen LogP contribution in [0.25, 0.3) is 11.8 Å². The second kappa shape index (κ2) is 11.0. The Morgan fingerprint density at radius 3 is 2.36 bits per heavy atom. The predicted molar refractivity (Wildman–Crippen MR) is 144 cm³/mol. The quantitative estimate of drug-likeness (QED) is 0.155. The van der Waals surface area contributed by atoms with Crippen molar-refractivity contribution in [1.82, 2.24) is 4.57 Å². The highest BCUT2D eigenvalue weighted by atomic mass is 79.9. The van der Waals surface area contributed by atoms with Crippen LogP contribution in [0.15, 0.2) is 88.9 Å². The van der Waals surface area contributed by atoms with Crippen molar-refractivity contribution in [2.75, 3.05) is 5.32 Å². The van der Waals surface area contributed by atoms with Crippen molar-refractivity contribution in [2.45, 2.75) is 20.5 Å². The fourth-order valence-corrected chi connectivity index (χ4v) is 4.08. The first kappa shape index (κ1) is 24.8. The maximum Gasteiger partial charge on any atom is 0.266 e. The first-order chi connectivity index (χ1) is 17.3. The number of carbonyl (C=O) groups is 1. The van der Waals surface area contributed by atoms with E-state index in [1.165, 1.54) is 12.1 Å². The molecule has 7 heteroatoms. The van der Waals surface area contributed by atoms with E-state index in [0.717, 1.165) is 38.4 Å². The average molecular weight is 542 g/mol. The van der Waals surface area contributed by atoms with Gasteiger partial charge in [0, 0.05) is 27.2 Å². The fourth-order valence-electron chi connectivity index (χ4n) is 3.82. The lowest BCUT2D eigenvalue weighted by atomic mass is 10.1. The normalized spacial score (nSPS) is 11.1. The highest BCUT2D eigenvalue weighted by molar-refractivity contribution is 9.10. The number of phenols is 1. The van der Waals surface area contributed by atoms with Crippen molar-refractivity contribution in [1.29, 1.82) is 5.26 Å². The Morgan fingerprint density at radius 1 is 1.06 bits per heavy atom. The van der Waals surface area contributed by atoms with Gasteiger partial charge in [0.25, 0.3) is 5.91 Å². The van der Waals surface area contributed by atoms with Crippen LogP contribution in [0.3, 0.4) is 0 Å². The molecule has 2 N–H and O–H groups in total. The van der Waals surface area contributed by atoms with E-state index in [-0.39, 0.29) is 11.3 Å². The van der Waals surface area contributed by atoms with E-state index in [1.54, 1.807) is 18.2 Å². The molecular weight excluding hydrogens is 518 g/mol. The topological polar surface area (TPSA) is 87.3 Å². The lowest BCUT2D eigenvalue weighted by molar-refractivity contribution is -0.112. The summed E-state index contributed by atoms with van der Waals surface area (Å²) in [6, 6.07) is 25.8. The van der Waals surface area contributed by atoms with E-state index in [1.807, 2.05) is 74.5 Å². The zero-order valence-corrected chi connectivity index (χ0v) is 21.4. The molecule has 1 amide bonds. The van der Waals surface area contributed by atoms with Crippen molar-refractivity contribution < 1.29 is 14.6 Å². The molecule has 0 saturated carbocycles. The van der Waals surface area contributed by atoms with Crippen LogP contribution in [0.2, 0.25) is 0 Å². The minimum absolute atomic E-state index is 0.0139. The molecule has 0 fully saturated rings. The molecule has 0 aliphatic heterocycles. The van der Waals surface area contributed by atoms with Gasteiger partial charge in [0.05, 0.1) is 0 Å². The van der Waals surface area contributed by atoms with Crippen LogP contribution in [0, 0.1) is 25.2 Å². The van der Waals surface area contributed by atoms with E-state index in [2.05, 4.69) is 25.8 Å². The number of aromatic nitrogens is 1. The Morgan fingerprint density at radius 2 is 1.72 bits per heavy atom. The Hall–Kier alpha value is -4.28. The average Bonchev–Trinajstić information content (AvgIpc) is 3.16. The maximum atomic E-state index is 12.6. The number of rotatable bonds is 7. The Labute approximate surface area is 218 Å². The highest BCUT2D eigenvalue weighted by Crippen LogP contribution is 2.25. The number of hydrogen-bond donors (Lipinski definition) is 2. The van der Waals surface area contributed by atoms with Gasteiger partial charge in [-0.3, -0.25) is 4.79 Å². The first-order valence-electron chi connectivity index (χ1n) is 11.2. The molecule has 36 heavy (non-hydrogen) atoms. The summed E-state index contributed by atoms with van der Waals surface area (Å²) in [5.74, 6) is 0.350. The van der Waals surface area contributed by atoms with Crippen LogP contribution in [-0.4, -0.2) is 15.6 Å². The summed E-state index contributed by atoms with van der Waals surface area (Å²) in [7, 11) is 0. The number of aryl methyl sites for hydroxylation is 1. The molecule has 0 spiro atoms. The van der Waals surface area contributed by atoms with Crippen LogP contribution < -0.4 is 10.1 Å². The Balaban J connectivity index is 1.50. The number of amides is 1. The lowest BCUT2D eigenvalue weighted by Crippen LogP contribution is -2.13. The van der Waals surface area contributed by atoms with Crippen molar-refractivity contribution >= 4 is 33.6 Å². The number of nitriles is 1. The summed E-state index contributed by atoms with van der Waals surface area (Å²) >= 11 is 3.43. The number of aromatic hydroxyl groups is 1. The number of anilines is 1. The summed E-state index contributed by atoms with van der Waals surface area (Å²) in [4.78, 5) is 12.6. The van der Waals surface area contributed by atoms with Gasteiger partial charge in [0.15, 0.2) is 0 Å². The molecule has 0 unspecified atom stereocenters. The molecule has 1 aromatic heterocycles. The van der Waals surface area contributed by atoms with E-state index in [9.17, 15) is 15.2 Å². The molecule has 0 aliphatic rings. The molecule has 0 saturated heterocycles. The smallest absolute Gasteiger partial charge is 0.266 e. The number of benzene rings is 3. The molecule has 0 radical (unpaired) electrons. The number of nitrogens with zero attached hydrogens (tertiary/aromatic N) is 2. The zero-order valence-electron chi connectivity index (χ0n) is 19.8. The molecule has 4 aromatic rings. The van der Waals surface area contributed by atoms with E-state index < -0.39 is 5.91 Å². The standard InChI is InChI=1S/C29H24BrN3O3/c1-19-15-22(16-23(17-31)29(35)32-25-7-11-27(34)12-8-25)20(2)33(19)26-9-13-28(14-10-26)36-18-21-3-5-24(30)6-4-21/h3-16,34H,18H2,1-2H3,(H,32,35)/b23-16-. The number of phenolic OH excluding ortho intramolecular Hbond substituents is 1. The third kappa shape index (κ3) is 5.85. The summed E-state index contributed by atoms with van der Waals surface area (Å²) in [5.41, 5.74) is 5.17. The summed E-state index contributed by atoms with van der Waals surface area (Å²) < 4.78 is 9.01. The van der Waals surface area contributed by atoms with Gasteiger partial charge in [-0.25, -0.2) is 0 Å². The first-order valence-corrected chi connectivity index (χ1v) is 12.0. The van der Waals surface area contributed by atoms with Crippen molar-refractivity contribution in [3.8, 4) is 23.3 Å². The molecule has 180 valence electrons. The number of nitrogens with one attached hydrogen (secondary N) is 1. The van der Waals surface area contributed by atoms with E-state index >= 15 is 0 Å². The van der Waals surface area contributed by atoms with Crippen LogP contribution in [0.1, 0.15) is 22.5 Å². The second-order valence-corrected chi connectivity index (χ2v) is 9.16. The number of hydrogen-bond acceptors (Lipinski definition) is 4. The van der Waals surface area contributed by atoms with Gasteiger partial charge in [-0.2, -0.15) is 5.26 Å². The molecule has 6 nitrogen and oxygen atoms in total. The van der Waals surface area contributed by atoms with Crippen molar-refractivity contribution in [3.63, 3.8) is 0 Å². The van der Waals surface area contributed by atoms with Crippen molar-refractivity contribution in [3.05, 3.63) is 111 Å². The lowest BCUT2D eigenvalue weighted by Gasteiger charge is -2.12. The van der Waals surface area contributed by atoms with Crippen molar-refractivity contribution in [2.24, 2.45) is 0 Å². The zero-order chi connectivity index (χ0) is 25.7. The van der Waals surface area contributed by atoms with Crippen LogP contribution in [0.4, 0.5) is 5.69 Å². The molecule has 0 atom stereocenters. The number of ether oxygens (including phenoxy) is 1. The maximum absolute atomic E-state index is 12.6. The van der Waals surface area contributed by atoms with Crippen LogP contribution in [-0.2, 0) is 11.4 Å². The van der Waals surface area contributed by atoms with Gasteiger partial charge in [-0.05, 0) is 97.8 Å². The SMILES string of the molecule is Cc1cc(/C=C(/C#N)C(=O)Nc2ccc(O)cc2)c(C)n1-c1ccc(OCc2ccc(Br)cc2)cc1. The number of carbonyl (C=O) groups excluding carboxylic acids is 1. The monoisotopic (exact) mass is 541 g/mol. The van der Waals surface area contributed by atoms with Crippen LogP contribution >= 0.6 is 15.9 Å². The highest BCUT2D eigenvalue weighted by Gasteiger charge is 2.14. The number of halogens is 1. The Bertz CT molecular complexity index is 1450. The summed E-state index contributed by atoms with van der Waals surface area (Å²) in [6.07, 6.45) is 1.59. The predicted octanol–water partition coefficient (Wildman–Crippen LogP) is 6.69. The van der Waals surface area contributed by atoms with Gasteiger partial charge in [0.2, 0.25) is 0 Å². The van der Waals surface area contributed by atoms with Gasteiger partial charge in [0.1, 0.15) is 29.7 Å². The van der Waals surface area contributed by atoms with Crippen LogP contribution in [0.5, 0.6) is 11.5 Å². The second-order valence-electron chi connectivity index (χ2n) is 8.24. The van der Waals surface area contributed by atoms with Gasteiger partial charge >= 0.3 is 0 Å². The molecular formula is C29H24BrN3O3. The third-order valence-electron chi connectivity index (χ3n) is 5.67. The van der Waals surface area contributed by atoms with Gasteiger partial charge in [-0.1, -0.05) is 28.1 Å². The molecule has 0 bridgehead atoms. The Kier molecular flexibility index (Phi) is 7.57.